The van der Waals surface area contributed by atoms with Crippen LogP contribution in [-0.2, 0) is 6.61 Å². The summed E-state index contributed by atoms with van der Waals surface area (Å²) in [5.41, 5.74) is 2.15. The maximum absolute atomic E-state index is 10.8. The molecule has 2 rings (SSSR count). The summed E-state index contributed by atoms with van der Waals surface area (Å²) in [6, 6.07) is 14.2. The Morgan fingerprint density at radius 3 is 2.44 bits per heavy atom. The molecule has 0 fully saturated rings. The van der Waals surface area contributed by atoms with Gasteiger partial charge in [0.15, 0.2) is 5.75 Å². The minimum atomic E-state index is -0.440. The fourth-order valence-corrected chi connectivity index (χ4v) is 1.58. The summed E-state index contributed by atoms with van der Waals surface area (Å²) in [4.78, 5) is 10.4. The van der Waals surface area contributed by atoms with Crippen molar-refractivity contribution in [2.75, 3.05) is 0 Å². The van der Waals surface area contributed by atoms with Crippen molar-refractivity contribution >= 4 is 5.69 Å². The van der Waals surface area contributed by atoms with Crippen LogP contribution in [0.15, 0.2) is 48.5 Å². The molecule has 0 aromatic heterocycles. The molecule has 4 heteroatoms. The fourth-order valence-electron chi connectivity index (χ4n) is 1.58. The van der Waals surface area contributed by atoms with Gasteiger partial charge >= 0.3 is 5.69 Å². The number of para-hydroxylation sites is 2. The van der Waals surface area contributed by atoms with Crippen molar-refractivity contribution in [2.45, 2.75) is 13.5 Å². The maximum Gasteiger partial charge on any atom is 0.310 e. The molecule has 0 saturated carbocycles. The van der Waals surface area contributed by atoms with E-state index in [2.05, 4.69) is 0 Å². The zero-order valence-corrected chi connectivity index (χ0v) is 10.00. The molecule has 0 atom stereocenters. The van der Waals surface area contributed by atoms with Crippen molar-refractivity contribution in [2.24, 2.45) is 0 Å². The van der Waals surface area contributed by atoms with Crippen molar-refractivity contribution in [3.63, 3.8) is 0 Å². The first kappa shape index (κ1) is 12.1. The van der Waals surface area contributed by atoms with Gasteiger partial charge in [-0.3, -0.25) is 10.1 Å². The minimum Gasteiger partial charge on any atom is -0.482 e. The second-order valence-electron chi connectivity index (χ2n) is 4.00. The largest absolute Gasteiger partial charge is 0.482 e. The van der Waals surface area contributed by atoms with E-state index in [-0.39, 0.29) is 5.69 Å². The number of nitro groups is 1. The number of nitrogens with zero attached hydrogens (tertiary/aromatic N) is 1. The molecule has 0 heterocycles. The van der Waals surface area contributed by atoms with Gasteiger partial charge in [0.1, 0.15) is 6.61 Å². The molecule has 0 aliphatic carbocycles. The van der Waals surface area contributed by atoms with Gasteiger partial charge < -0.3 is 4.74 Å². The van der Waals surface area contributed by atoms with Crippen LogP contribution in [-0.4, -0.2) is 4.92 Å². The van der Waals surface area contributed by atoms with Gasteiger partial charge in [-0.25, -0.2) is 0 Å². The van der Waals surface area contributed by atoms with Crippen molar-refractivity contribution < 1.29 is 9.66 Å². The lowest BCUT2D eigenvalue weighted by Crippen LogP contribution is -1.98. The van der Waals surface area contributed by atoms with Crippen LogP contribution in [0.2, 0.25) is 0 Å². The molecular formula is C14H13NO3. The van der Waals surface area contributed by atoms with Gasteiger partial charge in [0, 0.05) is 6.07 Å². The van der Waals surface area contributed by atoms with E-state index in [4.69, 9.17) is 4.74 Å². The lowest BCUT2D eigenvalue weighted by molar-refractivity contribution is -0.385. The van der Waals surface area contributed by atoms with E-state index in [1.807, 2.05) is 31.2 Å². The van der Waals surface area contributed by atoms with Gasteiger partial charge in [-0.2, -0.15) is 0 Å². The number of hydrogen-bond donors (Lipinski definition) is 0. The SMILES string of the molecule is Cc1ccc(COc2ccccc2[N+](=O)[O-])cc1. The standard InChI is InChI=1S/C14H13NO3/c1-11-6-8-12(9-7-11)10-18-14-5-3-2-4-13(14)15(16)17/h2-9H,10H2,1H3. The zero-order valence-electron chi connectivity index (χ0n) is 10.00. The van der Waals surface area contributed by atoms with E-state index in [0.29, 0.717) is 12.4 Å². The lowest BCUT2D eigenvalue weighted by atomic mass is 10.2. The van der Waals surface area contributed by atoms with Gasteiger partial charge in [0.2, 0.25) is 0 Å². The third-order valence-corrected chi connectivity index (χ3v) is 2.58. The fraction of sp³-hybridized carbons (Fsp3) is 0.143. The molecule has 2 aromatic carbocycles. The van der Waals surface area contributed by atoms with Crippen LogP contribution in [0.25, 0.3) is 0 Å². The average Bonchev–Trinajstić information content (AvgIpc) is 2.38. The predicted octanol–water partition coefficient (Wildman–Crippen LogP) is 3.48. The summed E-state index contributed by atoms with van der Waals surface area (Å²) in [6.07, 6.45) is 0. The molecule has 0 amide bonds. The highest BCUT2D eigenvalue weighted by Crippen LogP contribution is 2.26. The Balaban J connectivity index is 2.10. The number of hydrogen-bond acceptors (Lipinski definition) is 3. The van der Waals surface area contributed by atoms with Crippen molar-refractivity contribution in [3.05, 3.63) is 69.8 Å². The molecule has 0 bridgehead atoms. The van der Waals surface area contributed by atoms with Crippen LogP contribution in [0.3, 0.4) is 0 Å². The summed E-state index contributed by atoms with van der Waals surface area (Å²) >= 11 is 0. The smallest absolute Gasteiger partial charge is 0.310 e. The van der Waals surface area contributed by atoms with E-state index in [1.54, 1.807) is 18.2 Å². The Morgan fingerprint density at radius 1 is 1.11 bits per heavy atom. The van der Waals surface area contributed by atoms with Crippen LogP contribution in [0.5, 0.6) is 5.75 Å². The van der Waals surface area contributed by atoms with E-state index in [0.717, 1.165) is 5.56 Å². The Hall–Kier alpha value is -2.36. The lowest BCUT2D eigenvalue weighted by Gasteiger charge is -2.06. The van der Waals surface area contributed by atoms with Crippen LogP contribution in [0, 0.1) is 17.0 Å². The molecule has 4 nitrogen and oxygen atoms in total. The maximum atomic E-state index is 10.8. The third-order valence-electron chi connectivity index (χ3n) is 2.58. The van der Waals surface area contributed by atoms with E-state index in [9.17, 15) is 10.1 Å². The predicted molar refractivity (Wildman–Crippen MR) is 68.6 cm³/mol. The first-order valence-corrected chi connectivity index (χ1v) is 5.58. The van der Waals surface area contributed by atoms with Gasteiger partial charge in [-0.1, -0.05) is 42.0 Å². The topological polar surface area (TPSA) is 52.4 Å². The molecule has 2 aromatic rings. The van der Waals surface area contributed by atoms with Crippen molar-refractivity contribution in [1.29, 1.82) is 0 Å². The van der Waals surface area contributed by atoms with Crippen LogP contribution in [0.4, 0.5) is 5.69 Å². The van der Waals surface area contributed by atoms with Crippen LogP contribution < -0.4 is 4.74 Å². The van der Waals surface area contributed by atoms with Gasteiger partial charge in [-0.05, 0) is 18.6 Å². The highest BCUT2D eigenvalue weighted by molar-refractivity contribution is 5.45. The quantitative estimate of drug-likeness (QED) is 0.610. The number of aryl methyl sites for hydroxylation is 1. The molecule has 0 spiro atoms. The number of benzene rings is 2. The Morgan fingerprint density at radius 2 is 1.78 bits per heavy atom. The van der Waals surface area contributed by atoms with Crippen molar-refractivity contribution in [1.82, 2.24) is 0 Å². The monoisotopic (exact) mass is 243 g/mol. The van der Waals surface area contributed by atoms with Gasteiger partial charge in [0.25, 0.3) is 0 Å². The van der Waals surface area contributed by atoms with Crippen LogP contribution >= 0.6 is 0 Å². The summed E-state index contributed by atoms with van der Waals surface area (Å²) in [7, 11) is 0. The molecule has 92 valence electrons. The van der Waals surface area contributed by atoms with E-state index >= 15 is 0 Å². The Kier molecular flexibility index (Phi) is 3.57. The molecule has 0 aliphatic rings. The number of rotatable bonds is 4. The molecule has 0 saturated heterocycles. The molecule has 0 aliphatic heterocycles. The first-order valence-electron chi connectivity index (χ1n) is 5.58. The molecular weight excluding hydrogens is 230 g/mol. The highest BCUT2D eigenvalue weighted by Gasteiger charge is 2.13. The minimum absolute atomic E-state index is 0.00962. The summed E-state index contributed by atoms with van der Waals surface area (Å²) in [6.45, 7) is 2.33. The molecule has 0 radical (unpaired) electrons. The molecule has 18 heavy (non-hydrogen) atoms. The summed E-state index contributed by atoms with van der Waals surface area (Å²) in [5, 5.41) is 10.8. The second kappa shape index (κ2) is 5.31. The van der Waals surface area contributed by atoms with Gasteiger partial charge in [0.05, 0.1) is 4.92 Å². The van der Waals surface area contributed by atoms with Gasteiger partial charge in [-0.15, -0.1) is 0 Å². The Bertz CT molecular complexity index is 549. The summed E-state index contributed by atoms with van der Waals surface area (Å²) < 4.78 is 5.48. The van der Waals surface area contributed by atoms with Crippen molar-refractivity contribution in [3.8, 4) is 5.75 Å². The first-order chi connectivity index (χ1) is 8.66. The average molecular weight is 243 g/mol. The van der Waals surface area contributed by atoms with E-state index in [1.165, 1.54) is 11.6 Å². The number of ether oxygens (including phenoxy) is 1. The summed E-state index contributed by atoms with van der Waals surface area (Å²) in [5.74, 6) is 0.295. The zero-order chi connectivity index (χ0) is 13.0. The second-order valence-corrected chi connectivity index (χ2v) is 4.00. The molecule has 0 N–H and O–H groups in total. The van der Waals surface area contributed by atoms with E-state index < -0.39 is 4.92 Å². The Labute approximate surface area is 105 Å². The highest BCUT2D eigenvalue weighted by atomic mass is 16.6. The number of nitro benzene ring substituents is 1. The normalized spacial score (nSPS) is 10.1. The molecule has 0 unspecified atom stereocenters. The third kappa shape index (κ3) is 2.85. The van der Waals surface area contributed by atoms with Crippen LogP contribution in [0.1, 0.15) is 11.1 Å².